The fraction of sp³-hybridized carbons (Fsp3) is 1.00. The summed E-state index contributed by atoms with van der Waals surface area (Å²) in [4.78, 5) is 36.1. The minimum Gasteiger partial charge on any atom is -0.809 e. The largest absolute Gasteiger partial charge is 1.00 e. The molecule has 102 valence electrons. The fourth-order valence-electron chi connectivity index (χ4n) is 0.173. The summed E-state index contributed by atoms with van der Waals surface area (Å²) >= 11 is 4.46. The van der Waals surface area contributed by atoms with Crippen LogP contribution in [0.3, 0.4) is 0 Å². The van der Waals surface area contributed by atoms with Crippen molar-refractivity contribution in [1.29, 1.82) is 0 Å². The summed E-state index contributed by atoms with van der Waals surface area (Å²) in [6.07, 6.45) is 0. The molecule has 0 aromatic heterocycles. The molecular formula is CHAg4ClO6P2. The van der Waals surface area contributed by atoms with E-state index < -0.39 is 20.1 Å². The third kappa shape index (κ3) is 13.6. The van der Waals surface area contributed by atoms with Crippen LogP contribution in [0, 0.1) is 0 Å². The van der Waals surface area contributed by atoms with Crippen molar-refractivity contribution in [3.05, 3.63) is 0 Å². The first-order chi connectivity index (χ1) is 4.15. The van der Waals surface area contributed by atoms with Crippen LogP contribution in [0.4, 0.5) is 0 Å². The van der Waals surface area contributed by atoms with Crippen molar-refractivity contribution in [3.63, 3.8) is 0 Å². The van der Waals surface area contributed by atoms with Crippen molar-refractivity contribution in [3.8, 4) is 0 Å². The van der Waals surface area contributed by atoms with Crippen LogP contribution in [0.25, 0.3) is 0 Å². The molecule has 6 nitrogen and oxygen atoms in total. The van der Waals surface area contributed by atoms with Crippen molar-refractivity contribution in [2.24, 2.45) is 0 Å². The summed E-state index contributed by atoms with van der Waals surface area (Å²) < 4.78 is 19.5. The zero-order valence-electron chi connectivity index (χ0n) is 5.51. The van der Waals surface area contributed by atoms with E-state index in [1.54, 1.807) is 0 Å². The van der Waals surface area contributed by atoms with E-state index in [-0.39, 0.29) is 89.5 Å². The summed E-state index contributed by atoms with van der Waals surface area (Å²) in [6.45, 7) is 0. The number of alkyl halides is 1. The molecule has 0 rings (SSSR count). The second kappa shape index (κ2) is 11.6. The van der Waals surface area contributed by atoms with Crippen LogP contribution in [0.2, 0.25) is 0 Å². The molecule has 0 aliphatic rings. The van der Waals surface area contributed by atoms with Crippen LogP contribution in [0.1, 0.15) is 0 Å². The van der Waals surface area contributed by atoms with E-state index in [1.807, 2.05) is 0 Å². The molecule has 0 spiro atoms. The molecule has 0 radical (unpaired) electrons. The van der Waals surface area contributed by atoms with E-state index in [2.05, 4.69) is 11.6 Å². The van der Waals surface area contributed by atoms with Crippen LogP contribution in [0.5, 0.6) is 0 Å². The van der Waals surface area contributed by atoms with Crippen molar-refractivity contribution in [2.75, 3.05) is 0 Å². The van der Waals surface area contributed by atoms with Crippen molar-refractivity contribution >= 4 is 26.8 Å². The summed E-state index contributed by atoms with van der Waals surface area (Å²) in [5.74, 6) is 0. The molecule has 0 saturated carbocycles. The SMILES string of the molecule is O=P([O-])([O-])C(Cl)P(=O)([O-])[O-].[Ag+].[Ag+].[Ag+].[Ag+]. The standard InChI is InChI=1S/CH5ClO6P2.4Ag/c2-1(9(3,4)5)10(6,7)8;;;;/h1H,(H2,3,4,5)(H2,6,7,8);;;;/q;4*+1/p-4. The fourth-order valence-corrected chi connectivity index (χ4v) is 1.56. The van der Waals surface area contributed by atoms with Crippen LogP contribution < -0.4 is 19.6 Å². The zero-order valence-corrected chi connectivity index (χ0v) is 14.0. The molecule has 0 aliphatic heterocycles. The molecule has 0 unspecified atom stereocenters. The van der Waals surface area contributed by atoms with Gasteiger partial charge in [-0.05, 0) is 15.2 Å². The molecule has 0 fully saturated rings. The van der Waals surface area contributed by atoms with Gasteiger partial charge < -0.3 is 28.7 Å². The Morgan fingerprint density at radius 2 is 0.929 bits per heavy atom. The van der Waals surface area contributed by atoms with Gasteiger partial charge in [-0.2, -0.15) is 0 Å². The van der Waals surface area contributed by atoms with Gasteiger partial charge in [0.05, 0.1) is 4.86 Å². The molecular weight excluding hydrogens is 637 g/mol. The number of hydrogen-bond acceptors (Lipinski definition) is 6. The monoisotopic (exact) mass is 634 g/mol. The Labute approximate surface area is 148 Å². The van der Waals surface area contributed by atoms with Gasteiger partial charge in [0.25, 0.3) is 0 Å². The van der Waals surface area contributed by atoms with Crippen LogP contribution in [-0.4, -0.2) is 4.86 Å². The van der Waals surface area contributed by atoms with Crippen molar-refractivity contribution in [2.45, 2.75) is 4.86 Å². The number of hydrogen-bond donors (Lipinski definition) is 0. The first kappa shape index (κ1) is 30.5. The molecule has 0 saturated heterocycles. The van der Waals surface area contributed by atoms with Crippen LogP contribution in [-0.2, 0) is 98.7 Å². The third-order valence-electron chi connectivity index (χ3n) is 0.522. The Morgan fingerprint density at radius 1 is 0.786 bits per heavy atom. The Hall–Kier alpha value is 3.55. The second-order valence-corrected chi connectivity index (χ2v) is 6.03. The van der Waals surface area contributed by atoms with Crippen molar-refractivity contribution in [1.82, 2.24) is 0 Å². The minimum absolute atomic E-state index is 0. The minimum atomic E-state index is -5.50. The van der Waals surface area contributed by atoms with Gasteiger partial charge in [0.15, 0.2) is 0 Å². The molecule has 13 heteroatoms. The second-order valence-electron chi connectivity index (χ2n) is 1.39. The van der Waals surface area contributed by atoms with E-state index in [0.717, 1.165) is 0 Å². The van der Waals surface area contributed by atoms with E-state index in [9.17, 15) is 28.7 Å². The number of halogens is 1. The first-order valence-electron chi connectivity index (χ1n) is 1.83. The molecule has 0 N–H and O–H groups in total. The maximum Gasteiger partial charge on any atom is 1.00 e. The van der Waals surface area contributed by atoms with Gasteiger partial charge in [-0.15, -0.1) is 11.6 Å². The molecule has 0 amide bonds. The topological polar surface area (TPSA) is 126 Å². The Kier molecular flexibility index (Phi) is 25.4. The van der Waals surface area contributed by atoms with Gasteiger partial charge in [0, 0.05) is 0 Å². The molecule has 0 aromatic rings. The molecule has 0 atom stereocenters. The molecule has 0 bridgehead atoms. The third-order valence-corrected chi connectivity index (χ3v) is 4.70. The molecule has 14 heavy (non-hydrogen) atoms. The molecule has 0 aromatic carbocycles. The maximum absolute atomic E-state index is 9.75. The quantitative estimate of drug-likeness (QED) is 0.185. The van der Waals surface area contributed by atoms with Gasteiger partial charge in [-0.25, -0.2) is 0 Å². The predicted molar refractivity (Wildman–Crippen MR) is 24.9 cm³/mol. The normalized spacial score (nSPS) is 10.1. The van der Waals surface area contributed by atoms with Crippen LogP contribution >= 0.6 is 26.8 Å². The molecule has 0 heterocycles. The maximum atomic E-state index is 9.75. The zero-order chi connectivity index (χ0) is 8.58. The van der Waals surface area contributed by atoms with Gasteiger partial charge in [0.2, 0.25) is 0 Å². The van der Waals surface area contributed by atoms with E-state index in [0.29, 0.717) is 0 Å². The first-order valence-corrected chi connectivity index (χ1v) is 5.49. The summed E-state index contributed by atoms with van der Waals surface area (Å²) in [5.41, 5.74) is 0. The smallest absolute Gasteiger partial charge is 0.809 e. The van der Waals surface area contributed by atoms with Gasteiger partial charge >= 0.3 is 89.5 Å². The summed E-state index contributed by atoms with van der Waals surface area (Å²) in [6, 6.07) is 0. The number of rotatable bonds is 2. The average molecular weight is 638 g/mol. The van der Waals surface area contributed by atoms with Gasteiger partial charge in [-0.3, -0.25) is 0 Å². The average Bonchev–Trinajstić information content (AvgIpc) is 1.59. The Morgan fingerprint density at radius 3 is 0.929 bits per heavy atom. The summed E-state index contributed by atoms with van der Waals surface area (Å²) in [5, 5.41) is 0. The van der Waals surface area contributed by atoms with Gasteiger partial charge in [-0.1, -0.05) is 0 Å². The van der Waals surface area contributed by atoms with Crippen molar-refractivity contribution < 1.29 is 118 Å². The Balaban J connectivity index is -0.0000000675. The van der Waals surface area contributed by atoms with Gasteiger partial charge in [0.1, 0.15) is 0 Å². The predicted octanol–water partition coefficient (Wildman–Crippen LogP) is -2.67. The Bertz CT molecular complexity index is 190. The van der Waals surface area contributed by atoms with Crippen LogP contribution in [0.15, 0.2) is 0 Å². The molecule has 0 aliphatic carbocycles. The summed E-state index contributed by atoms with van der Waals surface area (Å²) in [7, 11) is -11.0. The van der Waals surface area contributed by atoms with E-state index in [1.165, 1.54) is 0 Å². The van der Waals surface area contributed by atoms with E-state index in [4.69, 9.17) is 0 Å². The van der Waals surface area contributed by atoms with E-state index >= 15 is 0 Å².